The van der Waals surface area contributed by atoms with E-state index in [1.54, 1.807) is 19.3 Å². The summed E-state index contributed by atoms with van der Waals surface area (Å²) in [5, 5.41) is 11.7. The molecule has 0 fully saturated rings. The van der Waals surface area contributed by atoms with Gasteiger partial charge in [0.1, 0.15) is 21.1 Å². The van der Waals surface area contributed by atoms with E-state index in [4.69, 9.17) is 6.42 Å². The molecule has 0 aromatic carbocycles. The molecule has 0 bridgehead atoms. The van der Waals surface area contributed by atoms with Crippen LogP contribution >= 0.6 is 11.3 Å². The summed E-state index contributed by atoms with van der Waals surface area (Å²) in [6.45, 7) is 2.08. The third-order valence-electron chi connectivity index (χ3n) is 2.96. The lowest BCUT2D eigenvalue weighted by Crippen LogP contribution is -2.34. The van der Waals surface area contributed by atoms with E-state index in [1.807, 2.05) is 6.07 Å². The van der Waals surface area contributed by atoms with Gasteiger partial charge in [0.05, 0.1) is 6.54 Å². The topological polar surface area (TPSA) is 104 Å². The number of imidazole rings is 1. The van der Waals surface area contributed by atoms with Gasteiger partial charge in [0.25, 0.3) is 11.5 Å². The molecule has 0 saturated heterocycles. The molecule has 0 radical (unpaired) electrons. The third kappa shape index (κ3) is 3.53. The van der Waals surface area contributed by atoms with Crippen molar-refractivity contribution < 1.29 is 4.79 Å². The lowest BCUT2D eigenvalue weighted by molar-refractivity contribution is -0.115. The van der Waals surface area contributed by atoms with Gasteiger partial charge in [-0.3, -0.25) is 14.2 Å². The van der Waals surface area contributed by atoms with Crippen LogP contribution in [0.15, 0.2) is 17.2 Å². The Balaban J connectivity index is 2.70. The van der Waals surface area contributed by atoms with E-state index >= 15 is 0 Å². The van der Waals surface area contributed by atoms with E-state index < -0.39 is 5.91 Å². The fourth-order valence-electron chi connectivity index (χ4n) is 1.88. The Kier molecular flexibility index (Phi) is 5.54. The van der Waals surface area contributed by atoms with Gasteiger partial charge in [-0.15, -0.1) is 17.8 Å². The van der Waals surface area contributed by atoms with E-state index in [9.17, 15) is 14.9 Å². The molecule has 8 heteroatoms. The highest BCUT2D eigenvalue weighted by atomic mass is 32.1. The first kappa shape index (κ1) is 17.0. The molecule has 0 aliphatic rings. The molecule has 24 heavy (non-hydrogen) atoms. The standard InChI is InChI=1S/C16H13N5O2S/c1-3-7-20-14(22)11(10-17)16-21(4-2)15(23)12(24-16)5-6-13-18-8-9-19-13/h1,6,8-9H,4,7H2,2H3,(H,18,19)(H,20,22)/b16-11-. The molecule has 0 saturated carbocycles. The molecule has 1 amide bonds. The molecule has 0 atom stereocenters. The second-order valence-corrected chi connectivity index (χ2v) is 5.42. The highest BCUT2D eigenvalue weighted by Gasteiger charge is 2.14. The van der Waals surface area contributed by atoms with E-state index in [1.165, 1.54) is 10.6 Å². The van der Waals surface area contributed by atoms with Gasteiger partial charge in [0.15, 0.2) is 5.57 Å². The number of nitrogens with zero attached hydrogens (tertiary/aromatic N) is 3. The summed E-state index contributed by atoms with van der Waals surface area (Å²) in [6, 6.07) is 1.84. The fraction of sp³-hybridized carbons (Fsp3) is 0.188. The number of thiazole rings is 1. The van der Waals surface area contributed by atoms with Crippen LogP contribution < -0.4 is 20.1 Å². The Morgan fingerprint density at radius 3 is 3.00 bits per heavy atom. The Hall–Kier alpha value is -3.32. The van der Waals surface area contributed by atoms with Crippen molar-refractivity contribution in [2.45, 2.75) is 13.5 Å². The first-order valence-electron chi connectivity index (χ1n) is 6.94. The van der Waals surface area contributed by atoms with Crippen molar-refractivity contribution in [1.29, 1.82) is 5.26 Å². The number of hydrogen-bond acceptors (Lipinski definition) is 5. The zero-order chi connectivity index (χ0) is 17.5. The average Bonchev–Trinajstić information content (AvgIpc) is 3.20. The molecule has 2 heterocycles. The van der Waals surface area contributed by atoms with Crippen molar-refractivity contribution in [3.05, 3.63) is 37.8 Å². The van der Waals surface area contributed by atoms with Crippen molar-refractivity contribution in [3.63, 3.8) is 0 Å². The van der Waals surface area contributed by atoms with E-state index in [0.29, 0.717) is 12.4 Å². The number of amides is 1. The van der Waals surface area contributed by atoms with Gasteiger partial charge >= 0.3 is 0 Å². The van der Waals surface area contributed by atoms with Gasteiger partial charge in [0.2, 0.25) is 0 Å². The normalized spacial score (nSPS) is 11.0. The number of carbonyl (C=O) groups excluding carboxylic acids is 1. The third-order valence-corrected chi connectivity index (χ3v) is 4.08. The van der Waals surface area contributed by atoms with Crippen LogP contribution in [0.1, 0.15) is 12.7 Å². The van der Waals surface area contributed by atoms with Gasteiger partial charge in [0, 0.05) is 25.0 Å². The van der Waals surface area contributed by atoms with Crippen LogP contribution in [0.5, 0.6) is 0 Å². The summed E-state index contributed by atoms with van der Waals surface area (Å²) in [5.74, 6) is 2.20. The molecule has 0 spiro atoms. The molecule has 0 unspecified atom stereocenters. The summed E-state index contributed by atoms with van der Waals surface area (Å²) in [5.41, 5.74) is 2.38. The van der Waals surface area contributed by atoms with Crippen LogP contribution in [0.2, 0.25) is 0 Å². The molecular weight excluding hydrogens is 326 g/mol. The average molecular weight is 339 g/mol. The van der Waals surface area contributed by atoms with Crippen LogP contribution in [0.3, 0.4) is 0 Å². The Bertz CT molecular complexity index is 1040. The number of nitrogens with one attached hydrogen (secondary N) is 2. The molecule has 2 N–H and O–H groups in total. The molecule has 120 valence electrons. The number of aromatic amines is 1. The SMILES string of the molecule is C#CCNC(=O)/C(C#N)=c1\sc(=C=Cc2ncc[nH]2)c(=O)n1CC. The number of H-pyrrole nitrogens is 1. The molecule has 0 aliphatic heterocycles. The molecular formula is C16H13N5O2S. The van der Waals surface area contributed by atoms with Gasteiger partial charge in [-0.25, -0.2) is 4.98 Å². The van der Waals surface area contributed by atoms with Crippen LogP contribution in [0.25, 0.3) is 17.4 Å². The maximum absolute atomic E-state index is 12.4. The van der Waals surface area contributed by atoms with Crippen LogP contribution in [-0.4, -0.2) is 27.0 Å². The summed E-state index contributed by atoms with van der Waals surface area (Å²) < 4.78 is 1.91. The molecule has 0 aliphatic carbocycles. The van der Waals surface area contributed by atoms with Crippen molar-refractivity contribution in [2.75, 3.05) is 6.54 Å². The smallest absolute Gasteiger partial charge is 0.277 e. The van der Waals surface area contributed by atoms with Crippen LogP contribution in [0.4, 0.5) is 0 Å². The lowest BCUT2D eigenvalue weighted by atomic mass is 10.3. The van der Waals surface area contributed by atoms with Gasteiger partial charge in [-0.1, -0.05) is 11.7 Å². The first-order chi connectivity index (χ1) is 11.6. The number of terminal acetylenes is 1. The molecule has 2 rings (SSSR count). The number of nitriles is 1. The minimum Gasteiger partial charge on any atom is -0.345 e. The molecule has 7 nitrogen and oxygen atoms in total. The monoisotopic (exact) mass is 339 g/mol. The largest absolute Gasteiger partial charge is 0.345 e. The zero-order valence-corrected chi connectivity index (χ0v) is 13.6. The predicted octanol–water partition coefficient (Wildman–Crippen LogP) is -0.831. The zero-order valence-electron chi connectivity index (χ0n) is 12.8. The fourth-order valence-corrected chi connectivity index (χ4v) is 2.95. The maximum atomic E-state index is 12.4. The summed E-state index contributed by atoms with van der Waals surface area (Å²) in [6.07, 6.45) is 9.85. The number of hydrogen-bond donors (Lipinski definition) is 2. The Morgan fingerprint density at radius 2 is 2.42 bits per heavy atom. The number of rotatable bonds is 4. The van der Waals surface area contributed by atoms with Crippen LogP contribution in [-0.2, 0) is 11.3 Å². The highest BCUT2D eigenvalue weighted by molar-refractivity contribution is 7.07. The Labute approximate surface area is 141 Å². The summed E-state index contributed by atoms with van der Waals surface area (Å²) in [4.78, 5) is 31.3. The van der Waals surface area contributed by atoms with Crippen molar-refractivity contribution in [3.8, 4) is 18.4 Å². The molecule has 2 aromatic heterocycles. The summed E-state index contributed by atoms with van der Waals surface area (Å²) in [7, 11) is 0. The highest BCUT2D eigenvalue weighted by Crippen LogP contribution is 1.93. The van der Waals surface area contributed by atoms with E-state index in [0.717, 1.165) is 11.3 Å². The quantitative estimate of drug-likeness (QED) is 0.710. The van der Waals surface area contributed by atoms with E-state index in [-0.39, 0.29) is 26.9 Å². The minimum absolute atomic E-state index is 0.00310. The van der Waals surface area contributed by atoms with E-state index in [2.05, 4.69) is 26.9 Å². The predicted molar refractivity (Wildman–Crippen MR) is 90.8 cm³/mol. The van der Waals surface area contributed by atoms with Crippen molar-refractivity contribution in [1.82, 2.24) is 19.9 Å². The van der Waals surface area contributed by atoms with Gasteiger partial charge in [-0.05, 0) is 6.92 Å². The van der Waals surface area contributed by atoms with Crippen molar-refractivity contribution in [2.24, 2.45) is 0 Å². The maximum Gasteiger partial charge on any atom is 0.277 e. The Morgan fingerprint density at radius 1 is 1.62 bits per heavy atom. The first-order valence-corrected chi connectivity index (χ1v) is 7.75. The minimum atomic E-state index is -0.611. The van der Waals surface area contributed by atoms with Crippen LogP contribution in [0, 0.1) is 23.7 Å². The van der Waals surface area contributed by atoms with Crippen molar-refractivity contribution >= 4 is 34.6 Å². The molecule has 2 aromatic rings. The number of carbonyl (C=O) groups is 1. The second kappa shape index (κ2) is 7.80. The second-order valence-electron chi connectivity index (χ2n) is 4.42. The lowest BCUT2D eigenvalue weighted by Gasteiger charge is -2.00. The number of aromatic nitrogens is 3. The van der Waals surface area contributed by atoms with Gasteiger partial charge in [-0.2, -0.15) is 5.26 Å². The van der Waals surface area contributed by atoms with Gasteiger partial charge < -0.3 is 10.3 Å². The summed E-state index contributed by atoms with van der Waals surface area (Å²) >= 11 is 1.02.